The number of phosphoric ester groups is 1. The van der Waals surface area contributed by atoms with Gasteiger partial charge in [-0.15, -0.1) is 0 Å². The van der Waals surface area contributed by atoms with Crippen molar-refractivity contribution in [1.29, 1.82) is 0 Å². The summed E-state index contributed by atoms with van der Waals surface area (Å²) in [5.74, 6) is -0.333. The molecule has 0 aliphatic heterocycles. The van der Waals surface area contributed by atoms with Gasteiger partial charge in [-0.05, 0) is 12.8 Å². The molecule has 0 N–H and O–H groups in total. The maximum absolute atomic E-state index is 12.6. The van der Waals surface area contributed by atoms with Gasteiger partial charge in [0.25, 0.3) is 7.82 Å². The van der Waals surface area contributed by atoms with Gasteiger partial charge >= 0.3 is 5.97 Å². The second kappa shape index (κ2) is 35.5. The SMILES string of the molecule is CCCCCCCCCCCCCCCCCCCCCOCC(COP(=O)([O-])OCC[N+](C)(C)C)OC(=O)CCCCCCCCCCC. The molecule has 0 aromatic heterocycles. The number of phosphoric acid groups is 1. The molecular weight excluding hydrogens is 649 g/mol. The number of carbonyl (C=O) groups is 1. The molecule has 300 valence electrons. The summed E-state index contributed by atoms with van der Waals surface area (Å²) >= 11 is 0. The Kier molecular flexibility index (Phi) is 35.2. The van der Waals surface area contributed by atoms with Crippen molar-refractivity contribution in [2.45, 2.75) is 206 Å². The fourth-order valence-corrected chi connectivity index (χ4v) is 6.81. The Morgan fingerprint density at radius 2 is 0.920 bits per heavy atom. The van der Waals surface area contributed by atoms with Crippen LogP contribution < -0.4 is 4.89 Å². The molecule has 0 rings (SSSR count). The van der Waals surface area contributed by atoms with Crippen LogP contribution in [0.25, 0.3) is 0 Å². The number of hydrogen-bond acceptors (Lipinski definition) is 7. The van der Waals surface area contributed by atoms with Crippen molar-refractivity contribution in [2.24, 2.45) is 0 Å². The zero-order valence-electron chi connectivity index (χ0n) is 33.9. The van der Waals surface area contributed by atoms with Crippen LogP contribution in [0.2, 0.25) is 0 Å². The van der Waals surface area contributed by atoms with Gasteiger partial charge < -0.3 is 27.9 Å². The van der Waals surface area contributed by atoms with Crippen LogP contribution in [-0.4, -0.2) is 70.7 Å². The van der Waals surface area contributed by atoms with Crippen LogP contribution in [0.1, 0.15) is 200 Å². The molecule has 50 heavy (non-hydrogen) atoms. The molecule has 0 fully saturated rings. The van der Waals surface area contributed by atoms with E-state index in [4.69, 9.17) is 18.5 Å². The minimum atomic E-state index is -4.51. The molecule has 0 saturated heterocycles. The van der Waals surface area contributed by atoms with Gasteiger partial charge in [0.2, 0.25) is 0 Å². The number of hydrogen-bond donors (Lipinski definition) is 0. The fraction of sp³-hybridized carbons (Fsp3) is 0.976. The van der Waals surface area contributed by atoms with E-state index in [1.54, 1.807) is 0 Å². The molecule has 0 bridgehead atoms. The normalized spacial score (nSPS) is 13.8. The van der Waals surface area contributed by atoms with E-state index in [-0.39, 0.29) is 25.8 Å². The smallest absolute Gasteiger partial charge is 0.306 e. The minimum Gasteiger partial charge on any atom is -0.756 e. The summed E-state index contributed by atoms with van der Waals surface area (Å²) in [6.45, 7) is 5.43. The third kappa shape index (κ3) is 38.7. The van der Waals surface area contributed by atoms with Crippen molar-refractivity contribution in [1.82, 2.24) is 0 Å². The first-order valence-electron chi connectivity index (χ1n) is 21.3. The van der Waals surface area contributed by atoms with Crippen molar-refractivity contribution < 1.29 is 37.3 Å². The Balaban J connectivity index is 4.10. The van der Waals surface area contributed by atoms with Crippen LogP contribution in [0, 0.1) is 0 Å². The number of unbranched alkanes of at least 4 members (excludes halogenated alkanes) is 26. The van der Waals surface area contributed by atoms with E-state index in [1.807, 2.05) is 21.1 Å². The van der Waals surface area contributed by atoms with Crippen molar-refractivity contribution in [2.75, 3.05) is 54.1 Å². The molecule has 0 aromatic rings. The number of rotatable bonds is 40. The van der Waals surface area contributed by atoms with Gasteiger partial charge in [-0.2, -0.15) is 0 Å². The van der Waals surface area contributed by atoms with Gasteiger partial charge in [0, 0.05) is 13.0 Å². The summed E-state index contributed by atoms with van der Waals surface area (Å²) < 4.78 is 34.5. The first-order chi connectivity index (χ1) is 24.1. The molecule has 0 spiro atoms. The summed E-state index contributed by atoms with van der Waals surface area (Å²) in [6.07, 6.45) is 35.5. The van der Waals surface area contributed by atoms with Crippen LogP contribution in [0.5, 0.6) is 0 Å². The molecule has 2 unspecified atom stereocenters. The first kappa shape index (κ1) is 49.5. The quantitative estimate of drug-likeness (QED) is 0.0268. The summed E-state index contributed by atoms with van der Waals surface area (Å²) in [5, 5.41) is 0. The van der Waals surface area contributed by atoms with Gasteiger partial charge in [-0.25, -0.2) is 0 Å². The third-order valence-electron chi connectivity index (χ3n) is 9.41. The van der Waals surface area contributed by atoms with Crippen molar-refractivity contribution in [3.05, 3.63) is 0 Å². The van der Waals surface area contributed by atoms with E-state index in [1.165, 1.54) is 148 Å². The van der Waals surface area contributed by atoms with Crippen LogP contribution in [0.4, 0.5) is 0 Å². The molecule has 9 heteroatoms. The Hall–Kier alpha value is -0.500. The molecule has 0 aromatic carbocycles. The van der Waals surface area contributed by atoms with Crippen LogP contribution in [-0.2, 0) is 27.9 Å². The van der Waals surface area contributed by atoms with Crippen LogP contribution in [0.3, 0.4) is 0 Å². The van der Waals surface area contributed by atoms with Crippen molar-refractivity contribution in [3.8, 4) is 0 Å². The highest BCUT2D eigenvalue weighted by molar-refractivity contribution is 7.45. The average Bonchev–Trinajstić information content (AvgIpc) is 3.06. The van der Waals surface area contributed by atoms with E-state index < -0.39 is 13.9 Å². The molecule has 0 saturated carbocycles. The number of likely N-dealkylation sites (N-methyl/N-ethyl adjacent to an activating group) is 1. The monoisotopic (exact) mass is 734 g/mol. The van der Waals surface area contributed by atoms with E-state index >= 15 is 0 Å². The summed E-state index contributed by atoms with van der Waals surface area (Å²) in [4.78, 5) is 24.9. The highest BCUT2D eigenvalue weighted by Gasteiger charge is 2.20. The maximum atomic E-state index is 12.6. The summed E-state index contributed by atoms with van der Waals surface area (Å²) in [6, 6.07) is 0. The Morgan fingerprint density at radius 1 is 0.540 bits per heavy atom. The van der Waals surface area contributed by atoms with Gasteiger partial charge in [-0.1, -0.05) is 181 Å². The first-order valence-corrected chi connectivity index (χ1v) is 22.7. The predicted molar refractivity (Wildman–Crippen MR) is 208 cm³/mol. The fourth-order valence-electron chi connectivity index (χ4n) is 6.08. The van der Waals surface area contributed by atoms with Crippen LogP contribution in [0.15, 0.2) is 0 Å². The van der Waals surface area contributed by atoms with Crippen LogP contribution >= 0.6 is 7.82 Å². The second-order valence-electron chi connectivity index (χ2n) is 15.7. The zero-order valence-corrected chi connectivity index (χ0v) is 34.8. The highest BCUT2D eigenvalue weighted by atomic mass is 31.2. The Morgan fingerprint density at radius 3 is 1.32 bits per heavy atom. The summed E-state index contributed by atoms with van der Waals surface area (Å²) in [7, 11) is 1.37. The molecule has 0 aliphatic rings. The van der Waals surface area contributed by atoms with Gasteiger partial charge in [0.1, 0.15) is 19.3 Å². The topological polar surface area (TPSA) is 94.1 Å². The molecule has 2 atom stereocenters. The Bertz CT molecular complexity index is 777. The molecule has 0 radical (unpaired) electrons. The Labute approximate surface area is 310 Å². The number of ether oxygens (including phenoxy) is 2. The zero-order chi connectivity index (χ0) is 37.0. The maximum Gasteiger partial charge on any atom is 0.306 e. The lowest BCUT2D eigenvalue weighted by Crippen LogP contribution is -2.37. The van der Waals surface area contributed by atoms with E-state index in [9.17, 15) is 14.3 Å². The molecule has 0 aliphatic carbocycles. The number of nitrogens with zero attached hydrogens (tertiary/aromatic N) is 1. The summed E-state index contributed by atoms with van der Waals surface area (Å²) in [5.41, 5.74) is 0. The number of esters is 1. The van der Waals surface area contributed by atoms with Gasteiger partial charge in [0.15, 0.2) is 0 Å². The lowest BCUT2D eigenvalue weighted by atomic mass is 10.0. The number of quaternary nitrogens is 1. The van der Waals surface area contributed by atoms with Gasteiger partial charge in [0.05, 0.1) is 34.4 Å². The van der Waals surface area contributed by atoms with Crippen molar-refractivity contribution in [3.63, 3.8) is 0 Å². The second-order valence-corrected chi connectivity index (χ2v) is 17.1. The third-order valence-corrected chi connectivity index (χ3v) is 10.4. The molecular formula is C41H84NO7P. The minimum absolute atomic E-state index is 0.0310. The molecule has 0 heterocycles. The highest BCUT2D eigenvalue weighted by Crippen LogP contribution is 2.38. The van der Waals surface area contributed by atoms with E-state index in [0.29, 0.717) is 24.1 Å². The van der Waals surface area contributed by atoms with Crippen molar-refractivity contribution >= 4 is 13.8 Å². The lowest BCUT2D eigenvalue weighted by Gasteiger charge is -2.28. The van der Waals surface area contributed by atoms with Gasteiger partial charge in [-0.3, -0.25) is 9.36 Å². The van der Waals surface area contributed by atoms with E-state index in [0.717, 1.165) is 32.1 Å². The lowest BCUT2D eigenvalue weighted by molar-refractivity contribution is -0.870. The average molecular weight is 734 g/mol. The largest absolute Gasteiger partial charge is 0.756 e. The van der Waals surface area contributed by atoms with E-state index in [2.05, 4.69) is 13.8 Å². The standard InChI is InChI=1S/C41H84NO7P/c1-6-8-10-12-14-16-17-18-19-20-21-22-23-24-25-27-29-31-33-36-46-38-40(39-48-50(44,45)47-37-35-42(3,4)5)49-41(43)34-32-30-28-26-15-13-11-9-7-2/h40H,6-39H2,1-5H3. The molecule has 0 amide bonds. The molecule has 8 nitrogen and oxygen atoms in total. The predicted octanol–water partition coefficient (Wildman–Crippen LogP) is 11.5. The number of carbonyl (C=O) groups excluding carboxylic acids is 1.